The van der Waals surface area contributed by atoms with E-state index in [1.807, 2.05) is 38.1 Å². The van der Waals surface area contributed by atoms with Gasteiger partial charge in [-0.05, 0) is 82.7 Å². The molecular weight excluding hydrogens is 499 g/mol. The van der Waals surface area contributed by atoms with Gasteiger partial charge in [-0.25, -0.2) is 9.07 Å². The number of nitrogens with one attached hydrogen (secondary N) is 1. The summed E-state index contributed by atoms with van der Waals surface area (Å²) in [5.41, 5.74) is 5.41. The zero-order valence-corrected chi connectivity index (χ0v) is 21.6. The number of aromatic amines is 1. The number of aryl methyl sites for hydroxylation is 2. The topological polar surface area (TPSA) is 98.2 Å². The van der Waals surface area contributed by atoms with Crippen molar-refractivity contribution >= 4 is 10.9 Å². The summed E-state index contributed by atoms with van der Waals surface area (Å²) < 4.78 is 26.1. The lowest BCUT2D eigenvalue weighted by Gasteiger charge is -2.22. The molecule has 3 aromatic carbocycles. The second-order valence-corrected chi connectivity index (χ2v) is 9.88. The number of hydrogen-bond acceptors (Lipinski definition) is 7. The first-order valence-corrected chi connectivity index (χ1v) is 12.6. The average Bonchev–Trinajstić information content (AvgIpc) is 3.55. The molecule has 198 valence electrons. The second kappa shape index (κ2) is 10.3. The third-order valence-electron chi connectivity index (χ3n) is 6.82. The summed E-state index contributed by atoms with van der Waals surface area (Å²) in [5.74, 6) is 1.74. The summed E-state index contributed by atoms with van der Waals surface area (Å²) >= 11 is 0. The van der Waals surface area contributed by atoms with Gasteiger partial charge in [0.25, 0.3) is 5.56 Å². The van der Waals surface area contributed by atoms with Crippen LogP contribution in [-0.2, 0) is 26.2 Å². The van der Waals surface area contributed by atoms with E-state index in [9.17, 15) is 9.18 Å². The SMILES string of the molecule is Cc1cc(C)c2[nH]c(=O)c(CN(Cc3ccc4c(c3)OCO4)Cc3nnnn3Cc3ccc(F)cc3)cc2c1. The number of nitrogens with zero attached hydrogens (tertiary/aromatic N) is 5. The van der Waals surface area contributed by atoms with Crippen molar-refractivity contribution in [3.63, 3.8) is 0 Å². The van der Waals surface area contributed by atoms with Gasteiger partial charge in [-0.2, -0.15) is 0 Å². The van der Waals surface area contributed by atoms with Crippen LogP contribution in [-0.4, -0.2) is 36.9 Å². The number of tetrazole rings is 1. The van der Waals surface area contributed by atoms with Gasteiger partial charge >= 0.3 is 0 Å². The molecule has 0 saturated carbocycles. The lowest BCUT2D eigenvalue weighted by atomic mass is 10.0. The van der Waals surface area contributed by atoms with E-state index in [1.165, 1.54) is 12.1 Å². The van der Waals surface area contributed by atoms with E-state index in [1.54, 1.807) is 16.8 Å². The highest BCUT2D eigenvalue weighted by molar-refractivity contribution is 5.82. The van der Waals surface area contributed by atoms with E-state index in [-0.39, 0.29) is 18.2 Å². The summed E-state index contributed by atoms with van der Waals surface area (Å²) in [7, 11) is 0. The van der Waals surface area contributed by atoms with Gasteiger partial charge in [0.05, 0.1) is 18.6 Å². The second-order valence-electron chi connectivity index (χ2n) is 9.88. The van der Waals surface area contributed by atoms with E-state index in [0.29, 0.717) is 49.1 Å². The molecule has 0 bridgehead atoms. The number of ether oxygens (including phenoxy) is 2. The molecule has 0 saturated heterocycles. The van der Waals surface area contributed by atoms with Gasteiger partial charge in [0.15, 0.2) is 17.3 Å². The minimum atomic E-state index is -0.295. The van der Waals surface area contributed by atoms with Crippen LogP contribution in [0.5, 0.6) is 11.5 Å². The molecule has 0 unspecified atom stereocenters. The van der Waals surface area contributed by atoms with Gasteiger partial charge in [0.1, 0.15) is 5.82 Å². The van der Waals surface area contributed by atoms with Crippen molar-refractivity contribution in [1.82, 2.24) is 30.1 Å². The zero-order chi connectivity index (χ0) is 26.9. The van der Waals surface area contributed by atoms with Crippen molar-refractivity contribution in [3.8, 4) is 11.5 Å². The number of fused-ring (bicyclic) bond motifs is 2. The van der Waals surface area contributed by atoms with Gasteiger partial charge in [0, 0.05) is 18.7 Å². The van der Waals surface area contributed by atoms with Gasteiger partial charge in [-0.15, -0.1) is 5.10 Å². The summed E-state index contributed by atoms with van der Waals surface area (Å²) in [6.45, 7) is 5.91. The summed E-state index contributed by atoms with van der Waals surface area (Å²) in [5, 5.41) is 13.3. The molecule has 2 aromatic heterocycles. The van der Waals surface area contributed by atoms with E-state index in [0.717, 1.165) is 33.2 Å². The predicted octanol–water partition coefficient (Wildman–Crippen LogP) is 4.25. The zero-order valence-electron chi connectivity index (χ0n) is 21.6. The van der Waals surface area contributed by atoms with Crippen LogP contribution < -0.4 is 15.0 Å². The number of H-pyrrole nitrogens is 1. The number of benzene rings is 3. The summed E-state index contributed by atoms with van der Waals surface area (Å²) in [6, 6.07) is 18.2. The minimum absolute atomic E-state index is 0.129. The smallest absolute Gasteiger partial charge is 0.252 e. The molecule has 0 fully saturated rings. The van der Waals surface area contributed by atoms with E-state index in [2.05, 4.69) is 37.5 Å². The Morgan fingerprint density at radius 1 is 0.949 bits per heavy atom. The van der Waals surface area contributed by atoms with Gasteiger partial charge < -0.3 is 14.5 Å². The number of rotatable bonds is 8. The Morgan fingerprint density at radius 3 is 2.59 bits per heavy atom. The van der Waals surface area contributed by atoms with Crippen molar-refractivity contribution in [3.05, 3.63) is 110 Å². The molecule has 10 heteroatoms. The number of pyridine rings is 1. The highest BCUT2D eigenvalue weighted by atomic mass is 19.1. The molecule has 3 heterocycles. The van der Waals surface area contributed by atoms with Crippen molar-refractivity contribution in [2.24, 2.45) is 0 Å². The van der Waals surface area contributed by atoms with Crippen LogP contribution in [0.1, 0.15) is 33.6 Å². The Balaban J connectivity index is 1.32. The average molecular weight is 527 g/mol. The maximum atomic E-state index is 13.4. The largest absolute Gasteiger partial charge is 0.454 e. The number of aromatic nitrogens is 5. The monoisotopic (exact) mass is 526 g/mol. The van der Waals surface area contributed by atoms with Crippen LogP contribution in [0.25, 0.3) is 10.9 Å². The van der Waals surface area contributed by atoms with Crippen molar-refractivity contribution < 1.29 is 13.9 Å². The summed E-state index contributed by atoms with van der Waals surface area (Å²) in [6.07, 6.45) is 0. The Bertz CT molecular complexity index is 1710. The lowest BCUT2D eigenvalue weighted by molar-refractivity contribution is 0.174. The molecule has 1 N–H and O–H groups in total. The van der Waals surface area contributed by atoms with E-state index < -0.39 is 0 Å². The quantitative estimate of drug-likeness (QED) is 0.323. The standard InChI is InChI=1S/C29H27FN6O3/c1-18-9-19(2)28-22(10-18)12-23(29(37)31-28)15-35(13-21-5-8-25-26(11-21)39-17-38-25)16-27-32-33-34-36(27)14-20-3-6-24(30)7-4-20/h3-12H,13-17H2,1-2H3,(H,31,37). The maximum Gasteiger partial charge on any atom is 0.252 e. The first kappa shape index (κ1) is 24.7. The Hall–Kier alpha value is -4.57. The molecular formula is C29H27FN6O3. The number of hydrogen-bond donors (Lipinski definition) is 1. The minimum Gasteiger partial charge on any atom is -0.454 e. The fourth-order valence-electron chi connectivity index (χ4n) is 4.98. The molecule has 5 aromatic rings. The van der Waals surface area contributed by atoms with Crippen LogP contribution in [0.15, 0.2) is 65.5 Å². The Kier molecular flexibility index (Phi) is 6.54. The van der Waals surface area contributed by atoms with Crippen LogP contribution >= 0.6 is 0 Å². The van der Waals surface area contributed by atoms with Crippen LogP contribution in [0.3, 0.4) is 0 Å². The highest BCUT2D eigenvalue weighted by Crippen LogP contribution is 2.33. The first-order valence-electron chi connectivity index (χ1n) is 12.6. The highest BCUT2D eigenvalue weighted by Gasteiger charge is 2.19. The molecule has 0 radical (unpaired) electrons. The molecule has 9 nitrogen and oxygen atoms in total. The van der Waals surface area contributed by atoms with E-state index in [4.69, 9.17) is 9.47 Å². The molecule has 1 aliphatic rings. The van der Waals surface area contributed by atoms with Gasteiger partial charge in [-0.1, -0.05) is 29.8 Å². The fraction of sp³-hybridized carbons (Fsp3) is 0.241. The predicted molar refractivity (Wildman–Crippen MR) is 143 cm³/mol. The van der Waals surface area contributed by atoms with Crippen LogP contribution in [0.2, 0.25) is 0 Å². The third kappa shape index (κ3) is 5.37. The number of halogens is 1. The van der Waals surface area contributed by atoms with Crippen LogP contribution in [0, 0.1) is 19.7 Å². The van der Waals surface area contributed by atoms with Gasteiger partial charge in [-0.3, -0.25) is 9.69 Å². The third-order valence-corrected chi connectivity index (χ3v) is 6.82. The maximum absolute atomic E-state index is 13.4. The lowest BCUT2D eigenvalue weighted by Crippen LogP contribution is -2.28. The Labute approximate surface area is 223 Å². The Morgan fingerprint density at radius 2 is 1.74 bits per heavy atom. The molecule has 0 atom stereocenters. The van der Waals surface area contributed by atoms with Crippen LogP contribution in [0.4, 0.5) is 4.39 Å². The fourth-order valence-corrected chi connectivity index (χ4v) is 4.98. The van der Waals surface area contributed by atoms with Gasteiger partial charge in [0.2, 0.25) is 6.79 Å². The summed E-state index contributed by atoms with van der Waals surface area (Å²) in [4.78, 5) is 18.3. The first-order chi connectivity index (χ1) is 18.9. The molecule has 1 aliphatic heterocycles. The normalized spacial score (nSPS) is 12.5. The molecule has 0 aliphatic carbocycles. The van der Waals surface area contributed by atoms with E-state index >= 15 is 0 Å². The molecule has 0 spiro atoms. The molecule has 6 rings (SSSR count). The van der Waals surface area contributed by atoms with Crippen molar-refractivity contribution in [2.45, 2.75) is 40.0 Å². The van der Waals surface area contributed by atoms with Crippen molar-refractivity contribution in [2.75, 3.05) is 6.79 Å². The molecule has 39 heavy (non-hydrogen) atoms. The molecule has 0 amide bonds. The van der Waals surface area contributed by atoms with Crippen molar-refractivity contribution in [1.29, 1.82) is 0 Å².